The Bertz CT molecular complexity index is 464. The first-order valence-electron chi connectivity index (χ1n) is 6.70. The van der Waals surface area contributed by atoms with Gasteiger partial charge in [0.25, 0.3) is 5.91 Å². The van der Waals surface area contributed by atoms with Crippen molar-refractivity contribution in [3.05, 3.63) is 29.0 Å². The molecule has 20 heavy (non-hydrogen) atoms. The first-order chi connectivity index (χ1) is 9.65. The second-order valence-corrected chi connectivity index (χ2v) is 5.27. The van der Waals surface area contributed by atoms with Crippen molar-refractivity contribution in [3.63, 3.8) is 0 Å². The topological polar surface area (TPSA) is 50.4 Å². The summed E-state index contributed by atoms with van der Waals surface area (Å²) in [5.74, 6) is 0.0651. The van der Waals surface area contributed by atoms with Crippen molar-refractivity contribution < 1.29 is 13.9 Å². The summed E-state index contributed by atoms with van der Waals surface area (Å²) in [7, 11) is 0. The van der Waals surface area contributed by atoms with E-state index in [1.165, 1.54) is 18.2 Å². The number of nitrogens with one attached hydrogen (secondary N) is 2. The van der Waals surface area contributed by atoms with Crippen molar-refractivity contribution in [2.24, 2.45) is 5.92 Å². The van der Waals surface area contributed by atoms with E-state index in [0.717, 1.165) is 25.9 Å². The minimum Gasteiger partial charge on any atom is -0.484 e. The Morgan fingerprint density at radius 1 is 1.45 bits per heavy atom. The molecular formula is C14H18ClFN2O2. The predicted molar refractivity (Wildman–Crippen MR) is 75.5 cm³/mol. The van der Waals surface area contributed by atoms with Gasteiger partial charge in [0.05, 0.1) is 5.02 Å². The highest BCUT2D eigenvalue weighted by Gasteiger charge is 2.14. The first kappa shape index (κ1) is 15.1. The molecule has 1 fully saturated rings. The van der Waals surface area contributed by atoms with Crippen molar-refractivity contribution in [2.75, 3.05) is 26.2 Å². The van der Waals surface area contributed by atoms with Gasteiger partial charge in [-0.05, 0) is 44.0 Å². The number of piperidine rings is 1. The standard InChI is InChI=1S/C14H18ClFN2O2/c15-12-2-1-11(7-13(12)16)20-9-14(19)18-8-10-3-5-17-6-4-10/h1-2,7,10,17H,3-6,8-9H2,(H,18,19). The van der Waals surface area contributed by atoms with Gasteiger partial charge in [-0.25, -0.2) is 4.39 Å². The van der Waals surface area contributed by atoms with Gasteiger partial charge >= 0.3 is 0 Å². The molecule has 1 aliphatic rings. The second kappa shape index (κ2) is 7.45. The average Bonchev–Trinajstić information content (AvgIpc) is 2.47. The summed E-state index contributed by atoms with van der Waals surface area (Å²) in [4.78, 5) is 11.6. The zero-order valence-corrected chi connectivity index (χ0v) is 11.9. The molecule has 0 radical (unpaired) electrons. The normalized spacial score (nSPS) is 15.9. The predicted octanol–water partition coefficient (Wildman–Crippen LogP) is 1.97. The maximum Gasteiger partial charge on any atom is 0.257 e. The molecule has 0 spiro atoms. The summed E-state index contributed by atoms with van der Waals surface area (Å²) in [6, 6.07) is 4.10. The fraction of sp³-hybridized carbons (Fsp3) is 0.500. The van der Waals surface area contributed by atoms with Crippen molar-refractivity contribution >= 4 is 17.5 Å². The summed E-state index contributed by atoms with van der Waals surface area (Å²) < 4.78 is 18.4. The van der Waals surface area contributed by atoms with Crippen LogP contribution >= 0.6 is 11.6 Å². The van der Waals surface area contributed by atoms with Crippen LogP contribution in [0, 0.1) is 11.7 Å². The van der Waals surface area contributed by atoms with Crippen LogP contribution in [0.4, 0.5) is 4.39 Å². The zero-order chi connectivity index (χ0) is 14.4. The largest absolute Gasteiger partial charge is 0.484 e. The lowest BCUT2D eigenvalue weighted by Crippen LogP contribution is -2.37. The van der Waals surface area contributed by atoms with Crippen molar-refractivity contribution in [1.82, 2.24) is 10.6 Å². The van der Waals surface area contributed by atoms with Crippen LogP contribution in [0.25, 0.3) is 0 Å². The molecule has 0 aliphatic carbocycles. The van der Waals surface area contributed by atoms with Crippen LogP contribution in [0.2, 0.25) is 5.02 Å². The van der Waals surface area contributed by atoms with Gasteiger partial charge in [-0.1, -0.05) is 11.6 Å². The molecule has 0 unspecified atom stereocenters. The molecule has 1 heterocycles. The van der Waals surface area contributed by atoms with Gasteiger partial charge in [-0.15, -0.1) is 0 Å². The molecule has 1 saturated heterocycles. The van der Waals surface area contributed by atoms with Gasteiger partial charge in [0.1, 0.15) is 11.6 Å². The van der Waals surface area contributed by atoms with E-state index in [0.29, 0.717) is 18.2 Å². The highest BCUT2D eigenvalue weighted by atomic mass is 35.5. The quantitative estimate of drug-likeness (QED) is 0.874. The number of carbonyl (C=O) groups is 1. The number of amides is 1. The van der Waals surface area contributed by atoms with Crippen LogP contribution in [0.3, 0.4) is 0 Å². The molecule has 0 atom stereocenters. The van der Waals surface area contributed by atoms with Gasteiger partial charge in [-0.3, -0.25) is 4.79 Å². The molecule has 2 N–H and O–H groups in total. The molecule has 6 heteroatoms. The third-order valence-corrected chi connectivity index (χ3v) is 3.61. The lowest BCUT2D eigenvalue weighted by Gasteiger charge is -2.22. The van der Waals surface area contributed by atoms with Crippen LogP contribution in [-0.2, 0) is 4.79 Å². The minimum atomic E-state index is -0.556. The minimum absolute atomic E-state index is 0.0349. The molecular weight excluding hydrogens is 283 g/mol. The number of rotatable bonds is 5. The second-order valence-electron chi connectivity index (χ2n) is 4.86. The lowest BCUT2D eigenvalue weighted by atomic mass is 9.98. The zero-order valence-electron chi connectivity index (χ0n) is 11.1. The van der Waals surface area contributed by atoms with Gasteiger partial charge in [-0.2, -0.15) is 0 Å². The molecule has 0 saturated carbocycles. The van der Waals surface area contributed by atoms with Crippen LogP contribution in [0.5, 0.6) is 5.75 Å². The van der Waals surface area contributed by atoms with E-state index in [4.69, 9.17) is 16.3 Å². The summed E-state index contributed by atoms with van der Waals surface area (Å²) in [5.41, 5.74) is 0. The highest BCUT2D eigenvalue weighted by Crippen LogP contribution is 2.20. The Labute approximate surface area is 122 Å². The summed E-state index contributed by atoms with van der Waals surface area (Å²) in [6.07, 6.45) is 2.15. The average molecular weight is 301 g/mol. The molecule has 1 aliphatic heterocycles. The summed E-state index contributed by atoms with van der Waals surface area (Å²) in [6.45, 7) is 2.55. The Morgan fingerprint density at radius 2 is 2.20 bits per heavy atom. The van der Waals surface area contributed by atoms with Gasteiger partial charge in [0.15, 0.2) is 6.61 Å². The third-order valence-electron chi connectivity index (χ3n) is 3.31. The molecule has 2 rings (SSSR count). The number of halogens is 2. The Balaban J connectivity index is 1.70. The fourth-order valence-electron chi connectivity index (χ4n) is 2.11. The summed E-state index contributed by atoms with van der Waals surface area (Å²) >= 11 is 5.56. The number of hydrogen-bond acceptors (Lipinski definition) is 3. The van der Waals surface area contributed by atoms with E-state index < -0.39 is 5.82 Å². The smallest absolute Gasteiger partial charge is 0.257 e. The van der Waals surface area contributed by atoms with E-state index in [2.05, 4.69) is 10.6 Å². The summed E-state index contributed by atoms with van der Waals surface area (Å²) in [5, 5.41) is 6.15. The monoisotopic (exact) mass is 300 g/mol. The van der Waals surface area contributed by atoms with Crippen molar-refractivity contribution in [3.8, 4) is 5.75 Å². The van der Waals surface area contributed by atoms with Crippen molar-refractivity contribution in [2.45, 2.75) is 12.8 Å². The van der Waals surface area contributed by atoms with Crippen LogP contribution < -0.4 is 15.4 Å². The van der Waals surface area contributed by atoms with E-state index in [-0.39, 0.29) is 17.5 Å². The number of benzene rings is 1. The van der Waals surface area contributed by atoms with E-state index >= 15 is 0 Å². The molecule has 0 aromatic heterocycles. The highest BCUT2D eigenvalue weighted by molar-refractivity contribution is 6.30. The molecule has 4 nitrogen and oxygen atoms in total. The molecule has 0 bridgehead atoms. The number of carbonyl (C=O) groups excluding carboxylic acids is 1. The maximum absolute atomic E-state index is 13.2. The number of hydrogen-bond donors (Lipinski definition) is 2. The maximum atomic E-state index is 13.2. The van der Waals surface area contributed by atoms with Crippen LogP contribution in [-0.4, -0.2) is 32.1 Å². The molecule has 110 valence electrons. The third kappa shape index (κ3) is 4.65. The van der Waals surface area contributed by atoms with Gasteiger partial charge < -0.3 is 15.4 Å². The Kier molecular flexibility index (Phi) is 5.61. The van der Waals surface area contributed by atoms with E-state index in [1.54, 1.807) is 0 Å². The fourth-order valence-corrected chi connectivity index (χ4v) is 2.23. The molecule has 1 aromatic rings. The Morgan fingerprint density at radius 3 is 2.90 bits per heavy atom. The van der Waals surface area contributed by atoms with E-state index in [1.807, 2.05) is 0 Å². The molecule has 1 aromatic carbocycles. The van der Waals surface area contributed by atoms with Gasteiger partial charge in [0, 0.05) is 12.6 Å². The van der Waals surface area contributed by atoms with Crippen molar-refractivity contribution in [1.29, 1.82) is 0 Å². The van der Waals surface area contributed by atoms with Gasteiger partial charge in [0.2, 0.25) is 0 Å². The van der Waals surface area contributed by atoms with Crippen LogP contribution in [0.15, 0.2) is 18.2 Å². The Hall–Kier alpha value is -1.33. The first-order valence-corrected chi connectivity index (χ1v) is 7.08. The lowest BCUT2D eigenvalue weighted by molar-refractivity contribution is -0.123. The SMILES string of the molecule is O=C(COc1ccc(Cl)c(F)c1)NCC1CCNCC1. The van der Waals surface area contributed by atoms with Crippen LogP contribution in [0.1, 0.15) is 12.8 Å². The van der Waals surface area contributed by atoms with E-state index in [9.17, 15) is 9.18 Å². The number of ether oxygens (including phenoxy) is 1. The molecule has 1 amide bonds.